The molecular weight excluding hydrogens is 324 g/mol. The van der Waals surface area contributed by atoms with Crippen LogP contribution in [0, 0.1) is 0 Å². The van der Waals surface area contributed by atoms with Gasteiger partial charge in [0.05, 0.1) is 17.6 Å². The van der Waals surface area contributed by atoms with E-state index in [1.807, 2.05) is 56.4 Å². The summed E-state index contributed by atoms with van der Waals surface area (Å²) in [5.41, 5.74) is 2.66. The summed E-state index contributed by atoms with van der Waals surface area (Å²) >= 11 is 0. The minimum Gasteiger partial charge on any atom is -0.376 e. The van der Waals surface area contributed by atoms with Crippen LogP contribution in [0.5, 0.6) is 0 Å². The van der Waals surface area contributed by atoms with Gasteiger partial charge in [-0.3, -0.25) is 4.72 Å². The van der Waals surface area contributed by atoms with Gasteiger partial charge in [-0.25, -0.2) is 13.4 Å². The Bertz CT molecular complexity index is 756. The van der Waals surface area contributed by atoms with E-state index in [9.17, 15) is 8.42 Å². The normalized spacial score (nSPS) is 12.5. The van der Waals surface area contributed by atoms with Crippen LogP contribution in [0.15, 0.2) is 42.6 Å². The predicted molar refractivity (Wildman–Crippen MR) is 100 cm³/mol. The van der Waals surface area contributed by atoms with E-state index in [4.69, 9.17) is 0 Å². The Morgan fingerprint density at radius 1 is 1.12 bits per heavy atom. The number of nitrogens with one attached hydrogen (secondary N) is 2. The Labute approximate surface area is 144 Å². The van der Waals surface area contributed by atoms with Gasteiger partial charge in [0.15, 0.2) is 0 Å². The summed E-state index contributed by atoms with van der Waals surface area (Å²) in [4.78, 5) is 6.39. The first-order valence-corrected chi connectivity index (χ1v) is 9.46. The highest BCUT2D eigenvalue weighted by Gasteiger charge is 2.09. The first kappa shape index (κ1) is 18.1. The van der Waals surface area contributed by atoms with E-state index in [1.54, 1.807) is 19.1 Å². The smallest absolute Gasteiger partial charge is 0.232 e. The fraction of sp³-hybridized carbons (Fsp3) is 0.353. The highest BCUT2D eigenvalue weighted by atomic mass is 32.2. The number of benzene rings is 1. The average Bonchev–Trinajstić information content (AvgIpc) is 2.55. The zero-order chi connectivity index (χ0) is 17.7. The number of sulfonamides is 1. The van der Waals surface area contributed by atoms with Gasteiger partial charge in [0.1, 0.15) is 5.82 Å². The lowest BCUT2D eigenvalue weighted by atomic mass is 10.1. The SMILES string of the molecule is CCS(=O)(=O)Nc1ccc(C(C)Nc2ccc(N(C)C)cn2)cc1. The van der Waals surface area contributed by atoms with Crippen LogP contribution in [0.4, 0.5) is 17.2 Å². The quantitative estimate of drug-likeness (QED) is 0.804. The van der Waals surface area contributed by atoms with E-state index >= 15 is 0 Å². The van der Waals surface area contributed by atoms with Crippen LogP contribution in [0.3, 0.4) is 0 Å². The van der Waals surface area contributed by atoms with Gasteiger partial charge in [-0.05, 0) is 43.7 Å². The van der Waals surface area contributed by atoms with E-state index in [2.05, 4.69) is 15.0 Å². The van der Waals surface area contributed by atoms with E-state index in [0.717, 1.165) is 17.1 Å². The highest BCUT2D eigenvalue weighted by Crippen LogP contribution is 2.21. The van der Waals surface area contributed by atoms with Crippen molar-refractivity contribution in [3.05, 3.63) is 48.2 Å². The average molecular weight is 348 g/mol. The lowest BCUT2D eigenvalue weighted by Crippen LogP contribution is -2.14. The third-order valence-electron chi connectivity index (χ3n) is 3.69. The van der Waals surface area contributed by atoms with E-state index in [-0.39, 0.29) is 11.8 Å². The zero-order valence-corrected chi connectivity index (χ0v) is 15.3. The summed E-state index contributed by atoms with van der Waals surface area (Å²) < 4.78 is 25.7. The molecule has 1 aromatic carbocycles. The molecule has 2 N–H and O–H groups in total. The molecule has 0 amide bonds. The first-order valence-electron chi connectivity index (χ1n) is 7.81. The van der Waals surface area contributed by atoms with Gasteiger partial charge in [-0.1, -0.05) is 12.1 Å². The topological polar surface area (TPSA) is 74.3 Å². The standard InChI is InChI=1S/C17H24N4O2S/c1-5-24(22,23)20-15-8-6-14(7-9-15)13(2)19-17-11-10-16(12-18-17)21(3)4/h6-13,20H,5H2,1-4H3,(H,18,19). The fourth-order valence-corrected chi connectivity index (χ4v) is 2.77. The number of anilines is 3. The van der Waals surface area contributed by atoms with Crippen LogP contribution in [-0.2, 0) is 10.0 Å². The minimum atomic E-state index is -3.24. The Morgan fingerprint density at radius 2 is 1.79 bits per heavy atom. The molecular formula is C17H24N4O2S. The number of hydrogen-bond donors (Lipinski definition) is 2. The maximum atomic E-state index is 11.6. The molecule has 6 nitrogen and oxygen atoms in total. The maximum Gasteiger partial charge on any atom is 0.232 e. The summed E-state index contributed by atoms with van der Waals surface area (Å²) in [6.45, 7) is 3.64. The molecule has 0 bridgehead atoms. The van der Waals surface area contributed by atoms with Gasteiger partial charge >= 0.3 is 0 Å². The van der Waals surface area contributed by atoms with Crippen molar-refractivity contribution < 1.29 is 8.42 Å². The van der Waals surface area contributed by atoms with Crippen molar-refractivity contribution in [3.63, 3.8) is 0 Å². The molecule has 1 aromatic heterocycles. The molecule has 1 atom stereocenters. The first-order chi connectivity index (χ1) is 11.3. The maximum absolute atomic E-state index is 11.6. The van der Waals surface area contributed by atoms with Gasteiger partial charge in [-0.15, -0.1) is 0 Å². The van der Waals surface area contributed by atoms with E-state index < -0.39 is 10.0 Å². The molecule has 7 heteroatoms. The molecule has 2 aromatic rings. The van der Waals surface area contributed by atoms with Crippen LogP contribution in [0.2, 0.25) is 0 Å². The van der Waals surface area contributed by atoms with Crippen LogP contribution in [0.25, 0.3) is 0 Å². The Balaban J connectivity index is 2.03. The lowest BCUT2D eigenvalue weighted by Gasteiger charge is -2.17. The third-order valence-corrected chi connectivity index (χ3v) is 5.00. The van der Waals surface area contributed by atoms with Gasteiger partial charge in [0.25, 0.3) is 0 Å². The second-order valence-corrected chi connectivity index (χ2v) is 7.80. The number of aromatic nitrogens is 1. The summed E-state index contributed by atoms with van der Waals surface area (Å²) in [7, 11) is 0.702. The van der Waals surface area contributed by atoms with Crippen LogP contribution < -0.4 is 14.9 Å². The molecule has 1 unspecified atom stereocenters. The molecule has 0 fully saturated rings. The van der Waals surface area contributed by atoms with Crippen molar-refractivity contribution in [1.29, 1.82) is 0 Å². The van der Waals surface area contributed by atoms with Crippen molar-refractivity contribution in [1.82, 2.24) is 4.98 Å². The van der Waals surface area contributed by atoms with Gasteiger partial charge in [0.2, 0.25) is 10.0 Å². The molecule has 130 valence electrons. The number of nitrogens with zero attached hydrogens (tertiary/aromatic N) is 2. The Morgan fingerprint density at radius 3 is 2.29 bits per heavy atom. The van der Waals surface area contributed by atoms with Gasteiger partial charge < -0.3 is 10.2 Å². The summed E-state index contributed by atoms with van der Waals surface area (Å²) in [6.07, 6.45) is 1.82. The molecule has 24 heavy (non-hydrogen) atoms. The largest absolute Gasteiger partial charge is 0.376 e. The molecule has 2 rings (SSSR count). The van der Waals surface area contributed by atoms with Crippen molar-refractivity contribution in [2.75, 3.05) is 34.8 Å². The molecule has 0 aliphatic carbocycles. The van der Waals surface area contributed by atoms with E-state index in [0.29, 0.717) is 5.69 Å². The predicted octanol–water partition coefficient (Wildman–Crippen LogP) is 3.08. The Kier molecular flexibility index (Phi) is 5.66. The van der Waals surface area contributed by atoms with Crippen LogP contribution >= 0.6 is 0 Å². The zero-order valence-electron chi connectivity index (χ0n) is 14.4. The molecule has 0 aliphatic rings. The van der Waals surface area contributed by atoms with Crippen molar-refractivity contribution in [3.8, 4) is 0 Å². The van der Waals surface area contributed by atoms with Gasteiger partial charge in [-0.2, -0.15) is 0 Å². The molecule has 0 radical (unpaired) electrons. The van der Waals surface area contributed by atoms with Crippen LogP contribution in [-0.4, -0.2) is 33.2 Å². The summed E-state index contributed by atoms with van der Waals surface area (Å²) in [6, 6.07) is 11.3. The van der Waals surface area contributed by atoms with Gasteiger partial charge in [0, 0.05) is 25.8 Å². The minimum absolute atomic E-state index is 0.0551. The van der Waals surface area contributed by atoms with E-state index in [1.165, 1.54) is 0 Å². The summed E-state index contributed by atoms with van der Waals surface area (Å²) in [5.74, 6) is 0.852. The van der Waals surface area contributed by atoms with Crippen LogP contribution in [0.1, 0.15) is 25.5 Å². The molecule has 1 heterocycles. The lowest BCUT2D eigenvalue weighted by molar-refractivity contribution is 0.602. The monoisotopic (exact) mass is 348 g/mol. The van der Waals surface area contributed by atoms with Crippen molar-refractivity contribution in [2.24, 2.45) is 0 Å². The Hall–Kier alpha value is -2.28. The second-order valence-electron chi connectivity index (χ2n) is 5.79. The molecule has 0 saturated heterocycles. The highest BCUT2D eigenvalue weighted by molar-refractivity contribution is 7.92. The van der Waals surface area contributed by atoms with Crippen molar-refractivity contribution >= 4 is 27.2 Å². The second kappa shape index (κ2) is 7.53. The summed E-state index contributed by atoms with van der Waals surface area (Å²) in [5, 5.41) is 3.33. The number of hydrogen-bond acceptors (Lipinski definition) is 5. The number of rotatable bonds is 7. The van der Waals surface area contributed by atoms with Crippen molar-refractivity contribution in [2.45, 2.75) is 19.9 Å². The number of pyridine rings is 1. The molecule has 0 aliphatic heterocycles. The molecule has 0 spiro atoms. The third kappa shape index (κ3) is 4.86. The molecule has 0 saturated carbocycles. The fourth-order valence-electron chi connectivity index (χ4n) is 2.13.